The first-order valence-corrected chi connectivity index (χ1v) is 15.5. The van der Waals surface area contributed by atoms with Crippen molar-refractivity contribution in [3.63, 3.8) is 0 Å². The van der Waals surface area contributed by atoms with Gasteiger partial charge in [-0.2, -0.15) is 4.99 Å². The van der Waals surface area contributed by atoms with E-state index in [1.54, 1.807) is 13.2 Å². The predicted octanol–water partition coefficient (Wildman–Crippen LogP) is 3.19. The van der Waals surface area contributed by atoms with Gasteiger partial charge >= 0.3 is 5.97 Å². The van der Waals surface area contributed by atoms with Crippen LogP contribution >= 0.6 is 22.7 Å². The van der Waals surface area contributed by atoms with Gasteiger partial charge < -0.3 is 19.4 Å². The van der Waals surface area contributed by atoms with Gasteiger partial charge in [0.05, 0.1) is 30.0 Å². The number of carbonyl (C=O) groups excluding carboxylic acids is 3. The SMILES string of the molecule is CCn1c(=NC(=O)CS(=O)(=O)CC(=O)Nc2sc3c(c2C(=O)OC)CCC(C)C3)sc2cc(OC)ccc21. The molecule has 0 radical (unpaired) electrons. The van der Waals surface area contributed by atoms with Crippen molar-refractivity contribution in [1.82, 2.24) is 4.57 Å². The van der Waals surface area contributed by atoms with Gasteiger partial charge in [0.25, 0.3) is 5.91 Å². The molecule has 10 nitrogen and oxygen atoms in total. The Hall–Kier alpha value is -3.03. The quantitative estimate of drug-likeness (QED) is 0.405. The molecule has 0 saturated carbocycles. The van der Waals surface area contributed by atoms with E-state index in [2.05, 4.69) is 17.2 Å². The second-order valence-electron chi connectivity index (χ2n) is 9.10. The predicted molar refractivity (Wildman–Crippen MR) is 147 cm³/mol. The highest BCUT2D eigenvalue weighted by Crippen LogP contribution is 2.40. The van der Waals surface area contributed by atoms with Crippen molar-refractivity contribution >= 4 is 65.5 Å². The van der Waals surface area contributed by atoms with Crippen LogP contribution in [0.5, 0.6) is 5.75 Å². The van der Waals surface area contributed by atoms with E-state index in [0.29, 0.717) is 29.4 Å². The number of thiazole rings is 1. The number of ether oxygens (including phenoxy) is 2. The fourth-order valence-corrected chi connectivity index (χ4v) is 8.04. The van der Waals surface area contributed by atoms with Crippen LogP contribution in [0.3, 0.4) is 0 Å². The average Bonchev–Trinajstić information content (AvgIpc) is 3.37. The van der Waals surface area contributed by atoms with Crippen molar-refractivity contribution in [2.24, 2.45) is 10.9 Å². The highest BCUT2D eigenvalue weighted by atomic mass is 32.2. The molecular formula is C25H29N3O7S3. The number of hydrogen-bond acceptors (Lipinski definition) is 9. The number of methoxy groups -OCH3 is 2. The summed E-state index contributed by atoms with van der Waals surface area (Å²) >= 11 is 2.51. The summed E-state index contributed by atoms with van der Waals surface area (Å²) in [7, 11) is -1.30. The van der Waals surface area contributed by atoms with E-state index in [4.69, 9.17) is 9.47 Å². The first-order chi connectivity index (χ1) is 18.0. The second-order valence-corrected chi connectivity index (χ2v) is 13.3. The minimum Gasteiger partial charge on any atom is -0.497 e. The Balaban J connectivity index is 1.50. The molecule has 1 aliphatic rings. The highest BCUT2D eigenvalue weighted by molar-refractivity contribution is 7.92. The number of nitrogens with zero attached hydrogens (tertiary/aromatic N) is 2. The van der Waals surface area contributed by atoms with Gasteiger partial charge in [-0.3, -0.25) is 9.59 Å². The standard InChI is InChI=1S/C25H29N3O7S3/c1-5-28-17-9-7-15(34-3)11-19(17)37-25(28)27-21(30)13-38(32,33)12-20(29)26-23-22(24(31)35-4)16-8-6-14(2)10-18(16)36-23/h7,9,11,14H,5-6,8,10,12-13H2,1-4H3,(H,26,29). The molecule has 0 saturated heterocycles. The molecule has 1 N–H and O–H groups in total. The molecule has 1 unspecified atom stereocenters. The molecule has 1 aromatic carbocycles. The molecule has 1 aliphatic carbocycles. The lowest BCUT2D eigenvalue weighted by Gasteiger charge is -2.18. The fourth-order valence-electron chi connectivity index (χ4n) is 4.47. The fraction of sp³-hybridized carbons (Fsp3) is 0.440. The Labute approximate surface area is 228 Å². The number of nitrogens with one attached hydrogen (secondary N) is 1. The van der Waals surface area contributed by atoms with Crippen LogP contribution in [0.15, 0.2) is 23.2 Å². The molecule has 2 amide bonds. The third kappa shape index (κ3) is 6.00. The number of anilines is 1. The molecular weight excluding hydrogens is 550 g/mol. The van der Waals surface area contributed by atoms with Crippen LogP contribution in [0.25, 0.3) is 10.2 Å². The molecule has 4 rings (SSSR count). The van der Waals surface area contributed by atoms with Gasteiger partial charge in [0.2, 0.25) is 5.91 Å². The van der Waals surface area contributed by atoms with E-state index >= 15 is 0 Å². The topological polar surface area (TPSA) is 133 Å². The number of benzene rings is 1. The summed E-state index contributed by atoms with van der Waals surface area (Å²) in [4.78, 5) is 43.1. The Kier molecular flexibility index (Phi) is 8.38. The van der Waals surface area contributed by atoms with Crippen LogP contribution in [0.1, 0.15) is 41.1 Å². The maximum absolute atomic E-state index is 12.7. The summed E-state index contributed by atoms with van der Waals surface area (Å²) in [5.74, 6) is -2.99. The zero-order valence-corrected chi connectivity index (χ0v) is 24.0. The summed E-state index contributed by atoms with van der Waals surface area (Å²) in [5.41, 5.74) is 1.97. The van der Waals surface area contributed by atoms with Crippen LogP contribution in [0, 0.1) is 5.92 Å². The minimum atomic E-state index is -4.12. The Morgan fingerprint density at radius 2 is 1.95 bits per heavy atom. The number of esters is 1. The monoisotopic (exact) mass is 579 g/mol. The Morgan fingerprint density at radius 3 is 2.63 bits per heavy atom. The van der Waals surface area contributed by atoms with Crippen molar-refractivity contribution in [2.75, 3.05) is 31.0 Å². The average molecular weight is 580 g/mol. The van der Waals surface area contributed by atoms with Crippen LogP contribution in [-0.4, -0.2) is 56.5 Å². The number of aromatic nitrogens is 1. The first kappa shape index (κ1) is 28.0. The van der Waals surface area contributed by atoms with Crippen molar-refractivity contribution in [3.05, 3.63) is 39.0 Å². The van der Waals surface area contributed by atoms with Crippen LogP contribution in [-0.2, 0) is 43.5 Å². The van der Waals surface area contributed by atoms with E-state index < -0.39 is 39.1 Å². The molecule has 38 heavy (non-hydrogen) atoms. The lowest BCUT2D eigenvalue weighted by Crippen LogP contribution is -2.28. The van der Waals surface area contributed by atoms with Gasteiger partial charge in [-0.05, 0) is 55.9 Å². The van der Waals surface area contributed by atoms with Gasteiger partial charge in [-0.1, -0.05) is 18.3 Å². The number of carbonyl (C=O) groups is 3. The van der Waals surface area contributed by atoms with Crippen LogP contribution in [0.4, 0.5) is 5.00 Å². The third-order valence-corrected chi connectivity index (χ3v) is 9.87. The van der Waals surface area contributed by atoms with Crippen LogP contribution in [0.2, 0.25) is 0 Å². The molecule has 0 bridgehead atoms. The molecule has 3 aromatic rings. The lowest BCUT2D eigenvalue weighted by molar-refractivity contribution is -0.115. The number of aryl methyl sites for hydroxylation is 1. The molecule has 13 heteroatoms. The van der Waals surface area contributed by atoms with Crippen molar-refractivity contribution in [2.45, 2.75) is 39.7 Å². The van der Waals surface area contributed by atoms with Gasteiger partial charge in [-0.15, -0.1) is 11.3 Å². The second kappa shape index (κ2) is 11.4. The normalized spacial score (nSPS) is 15.8. The maximum atomic E-state index is 12.7. The Morgan fingerprint density at radius 1 is 1.18 bits per heavy atom. The number of rotatable bonds is 8. The zero-order chi connectivity index (χ0) is 27.6. The maximum Gasteiger partial charge on any atom is 0.341 e. The molecule has 2 heterocycles. The van der Waals surface area contributed by atoms with Crippen molar-refractivity contribution in [3.8, 4) is 5.75 Å². The van der Waals surface area contributed by atoms with Crippen molar-refractivity contribution < 1.29 is 32.3 Å². The number of thiophene rings is 1. The largest absolute Gasteiger partial charge is 0.497 e. The third-order valence-electron chi connectivity index (χ3n) is 6.28. The van der Waals surface area contributed by atoms with E-state index in [1.165, 1.54) is 29.8 Å². The molecule has 0 spiro atoms. The van der Waals surface area contributed by atoms with E-state index in [0.717, 1.165) is 33.5 Å². The number of sulfone groups is 1. The van der Waals surface area contributed by atoms with Gasteiger partial charge in [0.15, 0.2) is 14.6 Å². The molecule has 0 aliphatic heterocycles. The summed E-state index contributed by atoms with van der Waals surface area (Å²) in [6.45, 7) is 4.54. The summed E-state index contributed by atoms with van der Waals surface area (Å²) in [6, 6.07) is 5.47. The summed E-state index contributed by atoms with van der Waals surface area (Å²) in [6.07, 6.45) is 2.37. The zero-order valence-electron chi connectivity index (χ0n) is 21.5. The van der Waals surface area contributed by atoms with Crippen LogP contribution < -0.4 is 14.9 Å². The number of hydrogen-bond donors (Lipinski definition) is 1. The van der Waals surface area contributed by atoms with E-state index in [9.17, 15) is 22.8 Å². The van der Waals surface area contributed by atoms with Gasteiger partial charge in [0.1, 0.15) is 22.3 Å². The van der Waals surface area contributed by atoms with Gasteiger partial charge in [0, 0.05) is 11.4 Å². The smallest absolute Gasteiger partial charge is 0.341 e. The highest BCUT2D eigenvalue weighted by Gasteiger charge is 2.30. The van der Waals surface area contributed by atoms with E-state index in [-0.39, 0.29) is 10.6 Å². The number of fused-ring (bicyclic) bond motifs is 2. The van der Waals surface area contributed by atoms with Crippen molar-refractivity contribution in [1.29, 1.82) is 0 Å². The summed E-state index contributed by atoms with van der Waals surface area (Å²) in [5, 5.41) is 2.84. The number of amides is 2. The lowest BCUT2D eigenvalue weighted by atomic mass is 9.88. The molecule has 2 aromatic heterocycles. The van der Waals surface area contributed by atoms with Gasteiger partial charge in [-0.25, -0.2) is 13.2 Å². The minimum absolute atomic E-state index is 0.275. The molecule has 1 atom stereocenters. The molecule has 204 valence electrons. The molecule has 0 fully saturated rings. The first-order valence-electron chi connectivity index (χ1n) is 12.0. The Bertz CT molecular complexity index is 1580. The summed E-state index contributed by atoms with van der Waals surface area (Å²) < 4.78 is 38.2. The van der Waals surface area contributed by atoms with E-state index in [1.807, 2.05) is 23.6 Å².